The molecule has 1 aliphatic carbocycles. The second-order valence-electron chi connectivity index (χ2n) is 5.35. The summed E-state index contributed by atoms with van der Waals surface area (Å²) in [5.74, 6) is -0.387. The summed E-state index contributed by atoms with van der Waals surface area (Å²) in [5, 5.41) is 12.1. The Morgan fingerprint density at radius 1 is 1.27 bits per heavy atom. The molecule has 1 aromatic carbocycles. The smallest absolute Gasteiger partial charge is 0.329 e. The Labute approximate surface area is 129 Å². The number of nitrogens with one attached hydrogen (secondary N) is 1. The third kappa shape index (κ3) is 3.16. The van der Waals surface area contributed by atoms with E-state index in [0.29, 0.717) is 36.5 Å². The van der Waals surface area contributed by atoms with Gasteiger partial charge in [-0.3, -0.25) is 4.79 Å². The maximum atomic E-state index is 12.4. The summed E-state index contributed by atoms with van der Waals surface area (Å²) in [6.07, 6.45) is 2.53. The number of aliphatic carboxylic acids is 1. The lowest BCUT2D eigenvalue weighted by molar-refractivity contribution is -0.144. The molecule has 1 aromatic rings. The van der Waals surface area contributed by atoms with Crippen LogP contribution in [0.2, 0.25) is 0 Å². The zero-order chi connectivity index (χ0) is 16.2. The van der Waals surface area contributed by atoms with Crippen molar-refractivity contribution in [2.24, 2.45) is 0 Å². The summed E-state index contributed by atoms with van der Waals surface area (Å²) in [4.78, 5) is 23.9. The molecule has 0 atom stereocenters. The highest BCUT2D eigenvalue weighted by atomic mass is 16.5. The molecular weight excluding hydrogens is 286 g/mol. The highest BCUT2D eigenvalue weighted by Gasteiger charge is 2.42. The number of rotatable bonds is 6. The number of hydrogen-bond acceptors (Lipinski definition) is 4. The van der Waals surface area contributed by atoms with Gasteiger partial charge in [-0.25, -0.2) is 4.79 Å². The van der Waals surface area contributed by atoms with Gasteiger partial charge in [0.2, 0.25) is 0 Å². The second-order valence-corrected chi connectivity index (χ2v) is 5.35. The Morgan fingerprint density at radius 3 is 2.50 bits per heavy atom. The minimum Gasteiger partial charge on any atom is -0.493 e. The van der Waals surface area contributed by atoms with Crippen LogP contribution in [0, 0.1) is 0 Å². The van der Waals surface area contributed by atoms with Gasteiger partial charge in [-0.1, -0.05) is 12.8 Å². The summed E-state index contributed by atoms with van der Waals surface area (Å²) in [6, 6.07) is 4.82. The molecule has 6 heteroatoms. The topological polar surface area (TPSA) is 84.9 Å². The molecule has 0 unspecified atom stereocenters. The Kier molecular flexibility index (Phi) is 4.90. The van der Waals surface area contributed by atoms with Crippen LogP contribution in [0.5, 0.6) is 11.5 Å². The third-order valence-corrected chi connectivity index (χ3v) is 3.94. The van der Waals surface area contributed by atoms with Crippen molar-refractivity contribution in [1.82, 2.24) is 5.32 Å². The molecule has 2 rings (SSSR count). The standard InChI is InChI=1S/C16H21NO5/c1-3-22-12-7-6-11(10-13(12)21-2)14(18)17-16(15(19)20)8-4-5-9-16/h6-7,10H,3-5,8-9H2,1-2H3,(H,17,18)(H,19,20). The van der Waals surface area contributed by atoms with Gasteiger partial charge in [-0.2, -0.15) is 0 Å². The summed E-state index contributed by atoms with van der Waals surface area (Å²) >= 11 is 0. The molecule has 1 fully saturated rings. The molecule has 0 bridgehead atoms. The normalized spacial score (nSPS) is 16.1. The number of methoxy groups -OCH3 is 1. The highest BCUT2D eigenvalue weighted by Crippen LogP contribution is 2.31. The molecular formula is C16H21NO5. The molecule has 1 saturated carbocycles. The number of hydrogen-bond donors (Lipinski definition) is 2. The van der Waals surface area contributed by atoms with Crippen LogP contribution in [-0.4, -0.2) is 36.2 Å². The average Bonchev–Trinajstić information content (AvgIpc) is 2.97. The Hall–Kier alpha value is -2.24. The van der Waals surface area contributed by atoms with Gasteiger partial charge in [-0.15, -0.1) is 0 Å². The zero-order valence-electron chi connectivity index (χ0n) is 12.8. The van der Waals surface area contributed by atoms with E-state index in [-0.39, 0.29) is 0 Å². The van der Waals surface area contributed by atoms with Gasteiger partial charge < -0.3 is 19.9 Å². The summed E-state index contributed by atoms with van der Waals surface area (Å²) in [5.41, 5.74) is -0.795. The maximum absolute atomic E-state index is 12.4. The predicted octanol–water partition coefficient (Wildman–Crippen LogP) is 2.22. The van der Waals surface area contributed by atoms with Crippen LogP contribution in [0.15, 0.2) is 18.2 Å². The van der Waals surface area contributed by atoms with Gasteiger partial charge in [0.1, 0.15) is 5.54 Å². The first-order valence-electron chi connectivity index (χ1n) is 7.39. The van der Waals surface area contributed by atoms with Gasteiger partial charge in [-0.05, 0) is 38.0 Å². The minimum absolute atomic E-state index is 0.354. The van der Waals surface area contributed by atoms with Crippen molar-refractivity contribution in [2.75, 3.05) is 13.7 Å². The maximum Gasteiger partial charge on any atom is 0.329 e. The van der Waals surface area contributed by atoms with E-state index in [2.05, 4.69) is 5.32 Å². The lowest BCUT2D eigenvalue weighted by Crippen LogP contribution is -2.52. The van der Waals surface area contributed by atoms with Crippen molar-refractivity contribution in [3.8, 4) is 11.5 Å². The molecule has 1 amide bonds. The SMILES string of the molecule is CCOc1ccc(C(=O)NC2(C(=O)O)CCCC2)cc1OC. The van der Waals surface area contributed by atoms with Crippen LogP contribution in [0.25, 0.3) is 0 Å². The van der Waals surface area contributed by atoms with Crippen molar-refractivity contribution >= 4 is 11.9 Å². The largest absolute Gasteiger partial charge is 0.493 e. The minimum atomic E-state index is -1.15. The molecule has 120 valence electrons. The van der Waals surface area contributed by atoms with E-state index in [1.807, 2.05) is 6.92 Å². The fourth-order valence-corrected chi connectivity index (χ4v) is 2.74. The number of benzene rings is 1. The number of carbonyl (C=O) groups is 2. The molecule has 1 aliphatic rings. The van der Waals surface area contributed by atoms with Crippen molar-refractivity contribution < 1.29 is 24.2 Å². The van der Waals surface area contributed by atoms with Crippen LogP contribution in [-0.2, 0) is 4.79 Å². The van der Waals surface area contributed by atoms with E-state index >= 15 is 0 Å². The van der Waals surface area contributed by atoms with E-state index < -0.39 is 17.4 Å². The third-order valence-electron chi connectivity index (χ3n) is 3.94. The molecule has 0 saturated heterocycles. The average molecular weight is 307 g/mol. The van der Waals surface area contributed by atoms with Gasteiger partial charge in [0.15, 0.2) is 11.5 Å². The molecule has 6 nitrogen and oxygen atoms in total. The number of carboxylic acids is 1. The monoisotopic (exact) mass is 307 g/mol. The van der Waals surface area contributed by atoms with Gasteiger partial charge >= 0.3 is 5.97 Å². The first-order chi connectivity index (χ1) is 10.5. The molecule has 2 N–H and O–H groups in total. The quantitative estimate of drug-likeness (QED) is 0.842. The van der Waals surface area contributed by atoms with Crippen molar-refractivity contribution in [2.45, 2.75) is 38.1 Å². The van der Waals surface area contributed by atoms with Crippen LogP contribution in [0.3, 0.4) is 0 Å². The molecule has 22 heavy (non-hydrogen) atoms. The van der Waals surface area contributed by atoms with Crippen LogP contribution < -0.4 is 14.8 Å². The van der Waals surface area contributed by atoms with Crippen LogP contribution >= 0.6 is 0 Å². The summed E-state index contributed by atoms with van der Waals surface area (Å²) < 4.78 is 10.6. The van der Waals surface area contributed by atoms with Crippen molar-refractivity contribution in [3.63, 3.8) is 0 Å². The van der Waals surface area contributed by atoms with E-state index in [4.69, 9.17) is 9.47 Å². The zero-order valence-corrected chi connectivity index (χ0v) is 12.8. The molecule has 0 spiro atoms. The first-order valence-corrected chi connectivity index (χ1v) is 7.39. The van der Waals surface area contributed by atoms with Crippen molar-refractivity contribution in [3.05, 3.63) is 23.8 Å². The van der Waals surface area contributed by atoms with E-state index in [1.54, 1.807) is 18.2 Å². The predicted molar refractivity (Wildman–Crippen MR) is 80.5 cm³/mol. The fraction of sp³-hybridized carbons (Fsp3) is 0.500. The molecule has 0 heterocycles. The second kappa shape index (κ2) is 6.68. The van der Waals surface area contributed by atoms with Gasteiger partial charge in [0.05, 0.1) is 13.7 Å². The Bertz CT molecular complexity index is 564. The molecule has 0 radical (unpaired) electrons. The van der Waals surface area contributed by atoms with E-state index in [0.717, 1.165) is 12.8 Å². The Morgan fingerprint density at radius 2 is 1.95 bits per heavy atom. The van der Waals surface area contributed by atoms with Gasteiger partial charge in [0, 0.05) is 5.56 Å². The fourth-order valence-electron chi connectivity index (χ4n) is 2.74. The summed E-state index contributed by atoms with van der Waals surface area (Å²) in [6.45, 7) is 2.35. The summed E-state index contributed by atoms with van der Waals surface area (Å²) in [7, 11) is 1.50. The number of amides is 1. The number of carboxylic acid groups (broad SMARTS) is 1. The van der Waals surface area contributed by atoms with Crippen LogP contribution in [0.4, 0.5) is 0 Å². The highest BCUT2D eigenvalue weighted by molar-refractivity contribution is 5.98. The lowest BCUT2D eigenvalue weighted by atomic mass is 9.97. The van der Waals surface area contributed by atoms with E-state index in [1.165, 1.54) is 7.11 Å². The Balaban J connectivity index is 2.20. The van der Waals surface area contributed by atoms with Crippen LogP contribution in [0.1, 0.15) is 43.0 Å². The van der Waals surface area contributed by atoms with E-state index in [9.17, 15) is 14.7 Å². The number of ether oxygens (including phenoxy) is 2. The lowest BCUT2D eigenvalue weighted by Gasteiger charge is -2.25. The number of carbonyl (C=O) groups excluding carboxylic acids is 1. The molecule has 0 aromatic heterocycles. The first kappa shape index (κ1) is 16.1. The van der Waals surface area contributed by atoms with Gasteiger partial charge in [0.25, 0.3) is 5.91 Å². The van der Waals surface area contributed by atoms with Crippen molar-refractivity contribution in [1.29, 1.82) is 0 Å². The molecule has 0 aliphatic heterocycles.